The monoisotopic (exact) mass is 244 g/mol. The van der Waals surface area contributed by atoms with E-state index in [0.717, 1.165) is 25.0 Å². The summed E-state index contributed by atoms with van der Waals surface area (Å²) < 4.78 is 0. The summed E-state index contributed by atoms with van der Waals surface area (Å²) in [4.78, 5) is 2.68. The molecule has 2 aliphatic heterocycles. The minimum atomic E-state index is 0.742. The molecule has 1 fully saturated rings. The van der Waals surface area contributed by atoms with Gasteiger partial charge in [0.2, 0.25) is 0 Å². The molecule has 1 atom stereocenters. The van der Waals surface area contributed by atoms with Crippen LogP contribution in [0.25, 0.3) is 0 Å². The highest BCUT2D eigenvalue weighted by atomic mass is 15.2. The van der Waals surface area contributed by atoms with Gasteiger partial charge in [-0.05, 0) is 48.9 Å². The van der Waals surface area contributed by atoms with Gasteiger partial charge < -0.3 is 10.2 Å². The van der Waals surface area contributed by atoms with Crippen molar-refractivity contribution in [2.45, 2.75) is 45.7 Å². The molecule has 2 aliphatic rings. The van der Waals surface area contributed by atoms with Crippen LogP contribution in [0.15, 0.2) is 18.2 Å². The van der Waals surface area contributed by atoms with Crippen molar-refractivity contribution >= 4 is 5.69 Å². The summed E-state index contributed by atoms with van der Waals surface area (Å²) in [6.07, 6.45) is 3.90. The van der Waals surface area contributed by atoms with Crippen molar-refractivity contribution in [2.75, 3.05) is 18.0 Å². The summed E-state index contributed by atoms with van der Waals surface area (Å²) in [5, 5.41) is 3.47. The van der Waals surface area contributed by atoms with Crippen LogP contribution in [0.4, 0.5) is 5.69 Å². The van der Waals surface area contributed by atoms with Gasteiger partial charge in [0.05, 0.1) is 0 Å². The Morgan fingerprint density at radius 1 is 1.33 bits per heavy atom. The first-order chi connectivity index (χ1) is 8.77. The highest BCUT2D eigenvalue weighted by Crippen LogP contribution is 2.34. The highest BCUT2D eigenvalue weighted by Gasteiger charge is 2.29. The zero-order valence-electron chi connectivity index (χ0n) is 11.6. The lowest BCUT2D eigenvalue weighted by Crippen LogP contribution is -2.35. The maximum Gasteiger partial charge on any atom is 0.0405 e. The Morgan fingerprint density at radius 3 is 3.06 bits per heavy atom. The van der Waals surface area contributed by atoms with Gasteiger partial charge in [0.15, 0.2) is 0 Å². The van der Waals surface area contributed by atoms with Crippen molar-refractivity contribution in [3.63, 3.8) is 0 Å². The molecule has 0 aliphatic carbocycles. The fourth-order valence-electron chi connectivity index (χ4n) is 3.57. The lowest BCUT2D eigenvalue weighted by molar-refractivity contribution is 0.490. The van der Waals surface area contributed by atoms with Crippen LogP contribution in [0.1, 0.15) is 37.8 Å². The van der Waals surface area contributed by atoms with E-state index in [1.165, 1.54) is 37.1 Å². The Morgan fingerprint density at radius 2 is 2.22 bits per heavy atom. The topological polar surface area (TPSA) is 15.3 Å². The Bertz CT molecular complexity index is 425. The predicted octanol–water partition coefficient (Wildman–Crippen LogP) is 2.96. The van der Waals surface area contributed by atoms with Gasteiger partial charge in [0, 0.05) is 24.8 Å². The van der Waals surface area contributed by atoms with Crippen molar-refractivity contribution in [3.05, 3.63) is 29.3 Å². The lowest BCUT2D eigenvalue weighted by Gasteiger charge is -2.33. The average Bonchev–Trinajstić information content (AvgIpc) is 2.87. The molecular weight excluding hydrogens is 220 g/mol. The molecule has 0 spiro atoms. The summed E-state index contributed by atoms with van der Waals surface area (Å²) in [7, 11) is 0. The third-order valence-corrected chi connectivity index (χ3v) is 4.49. The fourth-order valence-corrected chi connectivity index (χ4v) is 3.57. The van der Waals surface area contributed by atoms with Crippen LogP contribution in [0.2, 0.25) is 0 Å². The van der Waals surface area contributed by atoms with E-state index in [9.17, 15) is 0 Å². The predicted molar refractivity (Wildman–Crippen MR) is 77.1 cm³/mol. The molecule has 18 heavy (non-hydrogen) atoms. The normalized spacial score (nSPS) is 23.5. The van der Waals surface area contributed by atoms with E-state index in [2.05, 4.69) is 42.3 Å². The number of nitrogens with zero attached hydrogens (tertiary/aromatic N) is 1. The van der Waals surface area contributed by atoms with Gasteiger partial charge in [-0.25, -0.2) is 0 Å². The van der Waals surface area contributed by atoms with Gasteiger partial charge >= 0.3 is 0 Å². The molecule has 3 rings (SSSR count). The van der Waals surface area contributed by atoms with Crippen molar-refractivity contribution < 1.29 is 0 Å². The molecule has 1 N–H and O–H groups in total. The Balaban J connectivity index is 1.96. The number of anilines is 1. The van der Waals surface area contributed by atoms with Gasteiger partial charge in [-0.15, -0.1) is 0 Å². The highest BCUT2D eigenvalue weighted by molar-refractivity contribution is 5.59. The number of benzene rings is 1. The molecule has 0 radical (unpaired) electrons. The minimum absolute atomic E-state index is 0.742. The zero-order chi connectivity index (χ0) is 12.5. The summed E-state index contributed by atoms with van der Waals surface area (Å²) >= 11 is 0. The van der Waals surface area contributed by atoms with Crippen LogP contribution in [-0.4, -0.2) is 19.1 Å². The second-order valence-corrected chi connectivity index (χ2v) is 5.99. The first-order valence-electron chi connectivity index (χ1n) is 7.35. The van der Waals surface area contributed by atoms with Crippen molar-refractivity contribution in [1.82, 2.24) is 5.32 Å². The molecule has 2 heteroatoms. The number of nitrogens with one attached hydrogen (secondary N) is 1. The summed E-state index contributed by atoms with van der Waals surface area (Å²) in [6, 6.07) is 7.60. The van der Waals surface area contributed by atoms with Crippen LogP contribution in [-0.2, 0) is 13.0 Å². The summed E-state index contributed by atoms with van der Waals surface area (Å²) in [5.74, 6) is 0.755. The zero-order valence-corrected chi connectivity index (χ0v) is 11.6. The Kier molecular flexibility index (Phi) is 3.29. The molecule has 0 aromatic heterocycles. The molecule has 1 saturated heterocycles. The van der Waals surface area contributed by atoms with E-state index < -0.39 is 0 Å². The van der Waals surface area contributed by atoms with Crippen LogP contribution in [0.5, 0.6) is 0 Å². The summed E-state index contributed by atoms with van der Waals surface area (Å²) in [6.45, 7) is 8.14. The third kappa shape index (κ3) is 2.03. The van der Waals surface area contributed by atoms with Crippen LogP contribution >= 0.6 is 0 Å². The largest absolute Gasteiger partial charge is 0.368 e. The molecule has 1 unspecified atom stereocenters. The van der Waals surface area contributed by atoms with E-state index in [4.69, 9.17) is 0 Å². The lowest BCUT2D eigenvalue weighted by atomic mass is 9.96. The van der Waals surface area contributed by atoms with E-state index in [1.54, 1.807) is 5.56 Å². The van der Waals surface area contributed by atoms with Gasteiger partial charge in [-0.3, -0.25) is 0 Å². The van der Waals surface area contributed by atoms with Crippen LogP contribution in [0, 0.1) is 5.92 Å². The fraction of sp³-hybridized carbons (Fsp3) is 0.625. The van der Waals surface area contributed by atoms with Crippen LogP contribution in [0.3, 0.4) is 0 Å². The SMILES string of the molecule is CC(C)C1CCCN1c1cccc2c1CCNC2. The van der Waals surface area contributed by atoms with E-state index in [-0.39, 0.29) is 0 Å². The van der Waals surface area contributed by atoms with E-state index >= 15 is 0 Å². The first kappa shape index (κ1) is 12.0. The Labute approximate surface area is 110 Å². The standard InChI is InChI=1S/C16H24N2/c1-12(2)15-7-4-10-18(15)16-6-3-5-13-11-17-9-8-14(13)16/h3,5-6,12,15,17H,4,7-11H2,1-2H3. The van der Waals surface area contributed by atoms with Gasteiger partial charge in [-0.1, -0.05) is 26.0 Å². The molecule has 98 valence electrons. The molecule has 0 saturated carbocycles. The molecule has 2 heterocycles. The van der Waals surface area contributed by atoms with Gasteiger partial charge in [0.25, 0.3) is 0 Å². The third-order valence-electron chi connectivity index (χ3n) is 4.49. The summed E-state index contributed by atoms with van der Waals surface area (Å²) in [5.41, 5.74) is 4.63. The molecule has 2 nitrogen and oxygen atoms in total. The quantitative estimate of drug-likeness (QED) is 0.860. The van der Waals surface area contributed by atoms with Crippen molar-refractivity contribution in [2.24, 2.45) is 5.92 Å². The maximum absolute atomic E-state index is 3.47. The maximum atomic E-state index is 3.47. The molecule has 1 aromatic rings. The van der Waals surface area contributed by atoms with Gasteiger partial charge in [-0.2, -0.15) is 0 Å². The average molecular weight is 244 g/mol. The Hall–Kier alpha value is -1.02. The number of hydrogen-bond acceptors (Lipinski definition) is 2. The smallest absolute Gasteiger partial charge is 0.0405 e. The first-order valence-corrected chi connectivity index (χ1v) is 7.35. The molecular formula is C16H24N2. The van der Waals surface area contributed by atoms with Crippen LogP contribution < -0.4 is 10.2 Å². The second kappa shape index (κ2) is 4.93. The minimum Gasteiger partial charge on any atom is -0.368 e. The number of hydrogen-bond donors (Lipinski definition) is 1. The van der Waals surface area contributed by atoms with Gasteiger partial charge in [0.1, 0.15) is 0 Å². The number of fused-ring (bicyclic) bond motifs is 1. The number of rotatable bonds is 2. The van der Waals surface area contributed by atoms with Crippen molar-refractivity contribution in [1.29, 1.82) is 0 Å². The van der Waals surface area contributed by atoms with Crippen molar-refractivity contribution in [3.8, 4) is 0 Å². The van der Waals surface area contributed by atoms with E-state index in [1.807, 2.05) is 0 Å². The molecule has 1 aromatic carbocycles. The van der Waals surface area contributed by atoms with E-state index in [0.29, 0.717) is 0 Å². The second-order valence-electron chi connectivity index (χ2n) is 5.99. The molecule has 0 bridgehead atoms. The molecule has 0 amide bonds.